The number of nitrogens with zero attached hydrogens (tertiary/aromatic N) is 1. The van der Waals surface area contributed by atoms with Crippen molar-refractivity contribution in [3.05, 3.63) is 17.8 Å². The number of ether oxygens (including phenoxy) is 1. The number of nitrogen functional groups attached to an aromatic ring is 2. The molecule has 0 spiro atoms. The van der Waals surface area contributed by atoms with Gasteiger partial charge in [-0.15, -0.1) is 0 Å². The van der Waals surface area contributed by atoms with Gasteiger partial charge in [-0.05, 0) is 36.3 Å². The maximum absolute atomic E-state index is 5.94. The van der Waals surface area contributed by atoms with Crippen LogP contribution < -0.4 is 11.5 Å². The second-order valence-corrected chi connectivity index (χ2v) is 4.87. The molecule has 1 fully saturated rings. The first-order valence-electron chi connectivity index (χ1n) is 5.67. The Morgan fingerprint density at radius 2 is 2.06 bits per heavy atom. The van der Waals surface area contributed by atoms with Crippen molar-refractivity contribution in [3.8, 4) is 0 Å². The Bertz CT molecular complexity index is 373. The number of pyridine rings is 1. The van der Waals surface area contributed by atoms with E-state index < -0.39 is 0 Å². The highest BCUT2D eigenvalue weighted by atomic mass is 16.5. The average Bonchev–Trinajstić information content (AvgIpc) is 2.26. The van der Waals surface area contributed by atoms with E-state index in [1.165, 1.54) is 0 Å². The Labute approximate surface area is 96.0 Å². The fourth-order valence-corrected chi connectivity index (χ4v) is 2.19. The molecular weight excluding hydrogens is 202 g/mol. The summed E-state index contributed by atoms with van der Waals surface area (Å²) in [5.74, 6) is 0.438. The number of aromatic nitrogens is 1. The quantitative estimate of drug-likeness (QED) is 0.795. The van der Waals surface area contributed by atoms with Crippen LogP contribution in [-0.2, 0) is 11.2 Å². The lowest BCUT2D eigenvalue weighted by atomic mass is 9.77. The number of nitrogens with two attached hydrogens (primary N) is 2. The average molecular weight is 221 g/mol. The molecular formula is C12H19N3O. The molecule has 1 aromatic heterocycles. The van der Waals surface area contributed by atoms with Crippen molar-refractivity contribution in [2.75, 3.05) is 24.7 Å². The summed E-state index contributed by atoms with van der Waals surface area (Å²) in [7, 11) is 0. The second-order valence-electron chi connectivity index (χ2n) is 4.87. The van der Waals surface area contributed by atoms with Gasteiger partial charge in [0.05, 0.1) is 5.69 Å². The normalized spacial score (nSPS) is 19.6. The van der Waals surface area contributed by atoms with Crippen LogP contribution in [0.4, 0.5) is 11.5 Å². The van der Waals surface area contributed by atoms with Gasteiger partial charge in [0.1, 0.15) is 5.82 Å². The van der Waals surface area contributed by atoms with Crippen molar-refractivity contribution in [3.63, 3.8) is 0 Å². The Morgan fingerprint density at radius 1 is 1.38 bits per heavy atom. The van der Waals surface area contributed by atoms with Crippen LogP contribution in [0.5, 0.6) is 0 Å². The van der Waals surface area contributed by atoms with Gasteiger partial charge in [-0.1, -0.05) is 6.92 Å². The summed E-state index contributed by atoms with van der Waals surface area (Å²) < 4.78 is 5.39. The van der Waals surface area contributed by atoms with Gasteiger partial charge in [0, 0.05) is 19.4 Å². The van der Waals surface area contributed by atoms with Crippen molar-refractivity contribution in [2.45, 2.75) is 26.2 Å². The van der Waals surface area contributed by atoms with Gasteiger partial charge in [0.2, 0.25) is 0 Å². The molecule has 0 radical (unpaired) electrons. The van der Waals surface area contributed by atoms with Crippen molar-refractivity contribution >= 4 is 11.5 Å². The molecule has 1 saturated heterocycles. The summed E-state index contributed by atoms with van der Waals surface area (Å²) in [5, 5.41) is 0. The van der Waals surface area contributed by atoms with Crippen LogP contribution in [0.25, 0.3) is 0 Å². The maximum Gasteiger partial charge on any atom is 0.146 e. The first-order valence-corrected chi connectivity index (χ1v) is 5.67. The number of hydrogen-bond acceptors (Lipinski definition) is 4. The molecule has 1 aliphatic heterocycles. The Morgan fingerprint density at radius 3 is 2.75 bits per heavy atom. The molecule has 0 amide bonds. The molecule has 0 aliphatic carbocycles. The SMILES string of the molecule is CC1(Cc2ccnc(N)c2N)CCOCC1. The van der Waals surface area contributed by atoms with Crippen molar-refractivity contribution in [1.82, 2.24) is 4.98 Å². The smallest absolute Gasteiger partial charge is 0.146 e. The first kappa shape index (κ1) is 11.2. The van der Waals surface area contributed by atoms with E-state index in [4.69, 9.17) is 16.2 Å². The predicted octanol–water partition coefficient (Wildman–Crippen LogP) is 1.61. The summed E-state index contributed by atoms with van der Waals surface area (Å²) in [6, 6.07) is 1.96. The highest BCUT2D eigenvalue weighted by Gasteiger charge is 2.28. The lowest BCUT2D eigenvalue weighted by Crippen LogP contribution is -2.29. The number of hydrogen-bond donors (Lipinski definition) is 2. The van der Waals surface area contributed by atoms with Crippen LogP contribution in [0, 0.1) is 5.41 Å². The zero-order valence-corrected chi connectivity index (χ0v) is 9.70. The standard InChI is InChI=1S/C12H19N3O/c1-12(3-6-16-7-4-12)8-9-2-5-15-11(14)10(9)13/h2,5H,3-4,6-8,13H2,1H3,(H2,14,15). The molecule has 88 valence electrons. The largest absolute Gasteiger partial charge is 0.396 e. The van der Waals surface area contributed by atoms with E-state index in [0.717, 1.165) is 38.0 Å². The van der Waals surface area contributed by atoms with Gasteiger partial charge in [-0.2, -0.15) is 0 Å². The fraction of sp³-hybridized carbons (Fsp3) is 0.583. The van der Waals surface area contributed by atoms with Crippen LogP contribution in [0.15, 0.2) is 12.3 Å². The third-order valence-corrected chi connectivity index (χ3v) is 3.43. The van der Waals surface area contributed by atoms with Gasteiger partial charge in [0.15, 0.2) is 0 Å². The number of rotatable bonds is 2. The zero-order chi connectivity index (χ0) is 11.6. The first-order chi connectivity index (χ1) is 7.61. The van der Waals surface area contributed by atoms with E-state index in [0.29, 0.717) is 11.5 Å². The molecule has 1 aliphatic rings. The molecule has 0 atom stereocenters. The van der Waals surface area contributed by atoms with Crippen molar-refractivity contribution in [2.24, 2.45) is 5.41 Å². The van der Waals surface area contributed by atoms with Crippen LogP contribution in [0.3, 0.4) is 0 Å². The molecule has 4 N–H and O–H groups in total. The summed E-state index contributed by atoms with van der Waals surface area (Å²) in [5.41, 5.74) is 13.7. The van der Waals surface area contributed by atoms with Crippen LogP contribution in [0.2, 0.25) is 0 Å². The summed E-state index contributed by atoms with van der Waals surface area (Å²) in [6.45, 7) is 3.97. The maximum atomic E-state index is 5.94. The summed E-state index contributed by atoms with van der Waals surface area (Å²) >= 11 is 0. The minimum absolute atomic E-state index is 0.278. The Hall–Kier alpha value is -1.29. The number of anilines is 2. The third kappa shape index (κ3) is 2.27. The van der Waals surface area contributed by atoms with Gasteiger partial charge in [0.25, 0.3) is 0 Å². The van der Waals surface area contributed by atoms with Crippen LogP contribution >= 0.6 is 0 Å². The molecule has 2 rings (SSSR count). The van der Waals surface area contributed by atoms with Gasteiger partial charge in [-0.3, -0.25) is 0 Å². The molecule has 0 saturated carbocycles. The minimum Gasteiger partial charge on any atom is -0.396 e. The van der Waals surface area contributed by atoms with Crippen molar-refractivity contribution in [1.29, 1.82) is 0 Å². The van der Waals surface area contributed by atoms with E-state index in [9.17, 15) is 0 Å². The molecule has 0 bridgehead atoms. The van der Waals surface area contributed by atoms with Crippen LogP contribution in [0.1, 0.15) is 25.3 Å². The highest BCUT2D eigenvalue weighted by Crippen LogP contribution is 2.35. The van der Waals surface area contributed by atoms with E-state index in [2.05, 4.69) is 11.9 Å². The van der Waals surface area contributed by atoms with Gasteiger partial charge in [-0.25, -0.2) is 4.98 Å². The molecule has 4 nitrogen and oxygen atoms in total. The molecule has 4 heteroatoms. The lowest BCUT2D eigenvalue weighted by molar-refractivity contribution is 0.0241. The Balaban J connectivity index is 2.16. The van der Waals surface area contributed by atoms with Gasteiger partial charge >= 0.3 is 0 Å². The predicted molar refractivity (Wildman–Crippen MR) is 64.9 cm³/mol. The molecule has 0 aromatic carbocycles. The topological polar surface area (TPSA) is 74.2 Å². The molecule has 2 heterocycles. The molecule has 1 aromatic rings. The van der Waals surface area contributed by atoms with Gasteiger partial charge < -0.3 is 16.2 Å². The fourth-order valence-electron chi connectivity index (χ4n) is 2.19. The highest BCUT2D eigenvalue weighted by molar-refractivity contribution is 5.62. The lowest BCUT2D eigenvalue weighted by Gasteiger charge is -2.34. The summed E-state index contributed by atoms with van der Waals surface area (Å²) in [6.07, 6.45) is 4.84. The van der Waals surface area contributed by atoms with E-state index in [1.54, 1.807) is 6.20 Å². The second kappa shape index (κ2) is 4.29. The van der Waals surface area contributed by atoms with E-state index in [1.807, 2.05) is 6.07 Å². The van der Waals surface area contributed by atoms with Crippen molar-refractivity contribution < 1.29 is 4.74 Å². The van der Waals surface area contributed by atoms with Crippen LogP contribution in [-0.4, -0.2) is 18.2 Å². The third-order valence-electron chi connectivity index (χ3n) is 3.43. The molecule has 0 unspecified atom stereocenters. The van der Waals surface area contributed by atoms with E-state index >= 15 is 0 Å². The van der Waals surface area contributed by atoms with E-state index in [-0.39, 0.29) is 5.41 Å². The molecule has 16 heavy (non-hydrogen) atoms. The summed E-state index contributed by atoms with van der Waals surface area (Å²) in [4.78, 5) is 3.98. The minimum atomic E-state index is 0.278. The Kier molecular flexibility index (Phi) is 3.01. The monoisotopic (exact) mass is 221 g/mol. The zero-order valence-electron chi connectivity index (χ0n) is 9.70.